The van der Waals surface area contributed by atoms with Crippen molar-refractivity contribution in [2.45, 2.75) is 71.6 Å². The molecule has 3 rings (SSSR count). The van der Waals surface area contributed by atoms with Crippen LogP contribution in [0.2, 0.25) is 0 Å². The summed E-state index contributed by atoms with van der Waals surface area (Å²) in [5.74, 6) is -3.54. The second kappa shape index (κ2) is 14.3. The molecule has 1 aliphatic rings. The number of hydrogen-bond donors (Lipinski definition) is 3. The van der Waals surface area contributed by atoms with Crippen LogP contribution in [0, 0.1) is 0 Å². The van der Waals surface area contributed by atoms with Crippen molar-refractivity contribution in [3.8, 4) is 0 Å². The first-order chi connectivity index (χ1) is 16.4. The third kappa shape index (κ3) is 8.41. The fraction of sp³-hybridized carbons (Fsp3) is 0.538. The number of anilines is 1. The molecule has 1 aliphatic carbocycles. The first-order valence-electron chi connectivity index (χ1n) is 12.3. The van der Waals surface area contributed by atoms with E-state index in [1.807, 2.05) is 18.2 Å². The number of unbranched alkanes of at least 4 members (excludes halogenated alkanes) is 4. The van der Waals surface area contributed by atoms with E-state index in [-0.39, 0.29) is 5.91 Å². The molecule has 0 saturated carbocycles. The Balaban J connectivity index is 0.000000604. The van der Waals surface area contributed by atoms with Crippen LogP contribution in [0.3, 0.4) is 0 Å². The van der Waals surface area contributed by atoms with Gasteiger partial charge in [0.2, 0.25) is 5.91 Å². The fourth-order valence-electron chi connectivity index (χ4n) is 4.18. The minimum Gasteiger partial charge on any atom is -0.473 e. The number of benzene rings is 1. The Morgan fingerprint density at radius 3 is 2.15 bits per heavy atom. The van der Waals surface area contributed by atoms with Crippen LogP contribution in [0.1, 0.15) is 70.1 Å². The molecular formula is C26H37N3O5. The maximum Gasteiger partial charge on any atom is 0.414 e. The first-order valence-corrected chi connectivity index (χ1v) is 12.3. The number of nitrogens with one attached hydrogen (secondary N) is 1. The summed E-state index contributed by atoms with van der Waals surface area (Å²) in [6.45, 7) is 6.96. The van der Waals surface area contributed by atoms with Crippen LogP contribution < -0.4 is 5.32 Å². The Labute approximate surface area is 201 Å². The van der Waals surface area contributed by atoms with Gasteiger partial charge in [-0.05, 0) is 56.8 Å². The molecule has 1 aromatic heterocycles. The van der Waals surface area contributed by atoms with Crippen LogP contribution >= 0.6 is 0 Å². The number of amides is 1. The van der Waals surface area contributed by atoms with Gasteiger partial charge in [-0.25, -0.2) is 9.59 Å². The normalized spacial score (nSPS) is 12.2. The number of aromatic nitrogens is 1. The number of hydrogen-bond acceptors (Lipinski definition) is 5. The number of carbonyl (C=O) groups is 3. The van der Waals surface area contributed by atoms with Crippen LogP contribution in [0.4, 0.5) is 5.69 Å². The highest BCUT2D eigenvalue weighted by Gasteiger charge is 2.21. The van der Waals surface area contributed by atoms with Crippen molar-refractivity contribution in [1.29, 1.82) is 0 Å². The average molecular weight is 472 g/mol. The van der Waals surface area contributed by atoms with E-state index in [4.69, 9.17) is 24.8 Å². The van der Waals surface area contributed by atoms with E-state index in [0.717, 1.165) is 54.6 Å². The van der Waals surface area contributed by atoms with E-state index in [1.165, 1.54) is 44.1 Å². The lowest BCUT2D eigenvalue weighted by Gasteiger charge is -2.22. The number of para-hydroxylation sites is 1. The number of rotatable bonds is 11. The van der Waals surface area contributed by atoms with E-state index in [9.17, 15) is 4.79 Å². The molecule has 0 atom stereocenters. The Hall–Kier alpha value is -3.00. The summed E-state index contributed by atoms with van der Waals surface area (Å²) in [7, 11) is 0. The second-order valence-corrected chi connectivity index (χ2v) is 8.63. The molecule has 8 nitrogen and oxygen atoms in total. The number of aryl methyl sites for hydroxylation is 1. The predicted molar refractivity (Wildman–Crippen MR) is 133 cm³/mol. The van der Waals surface area contributed by atoms with E-state index in [1.54, 1.807) is 0 Å². The zero-order chi connectivity index (χ0) is 24.9. The van der Waals surface area contributed by atoms with Gasteiger partial charge in [0.1, 0.15) is 0 Å². The van der Waals surface area contributed by atoms with E-state index in [0.29, 0.717) is 6.54 Å². The predicted octanol–water partition coefficient (Wildman–Crippen LogP) is 4.50. The molecule has 2 aromatic rings. The Morgan fingerprint density at radius 2 is 1.56 bits per heavy atom. The molecular weight excluding hydrogens is 434 g/mol. The van der Waals surface area contributed by atoms with Crippen molar-refractivity contribution >= 4 is 34.4 Å². The highest BCUT2D eigenvalue weighted by Crippen LogP contribution is 2.33. The molecule has 1 aromatic carbocycles. The van der Waals surface area contributed by atoms with Crippen molar-refractivity contribution in [1.82, 2.24) is 9.88 Å². The van der Waals surface area contributed by atoms with Crippen LogP contribution in [-0.4, -0.2) is 57.6 Å². The molecule has 0 aliphatic heterocycles. The van der Waals surface area contributed by atoms with Crippen LogP contribution in [0.5, 0.6) is 0 Å². The highest BCUT2D eigenvalue weighted by atomic mass is 16.4. The smallest absolute Gasteiger partial charge is 0.414 e. The molecule has 1 amide bonds. The lowest BCUT2D eigenvalue weighted by molar-refractivity contribution is -0.159. The minimum atomic E-state index is -1.82. The van der Waals surface area contributed by atoms with Crippen molar-refractivity contribution in [2.24, 2.45) is 0 Å². The van der Waals surface area contributed by atoms with Gasteiger partial charge in [-0.15, -0.1) is 0 Å². The lowest BCUT2D eigenvalue weighted by Crippen LogP contribution is -2.35. The number of nitrogens with zero attached hydrogens (tertiary/aromatic N) is 2. The SMILES string of the molecule is CCCCCN(CCCCC)CC(=O)Nc1c2c(nc3ccccc13)CCC2.O=C(O)C(=O)O. The van der Waals surface area contributed by atoms with Crippen LogP contribution in [-0.2, 0) is 27.2 Å². The van der Waals surface area contributed by atoms with Crippen molar-refractivity contribution in [3.63, 3.8) is 0 Å². The second-order valence-electron chi connectivity index (χ2n) is 8.63. The summed E-state index contributed by atoms with van der Waals surface area (Å²) in [5, 5.41) is 19.1. The Morgan fingerprint density at radius 1 is 0.941 bits per heavy atom. The average Bonchev–Trinajstić information content (AvgIpc) is 3.28. The molecule has 1 heterocycles. The molecule has 0 bridgehead atoms. The van der Waals surface area contributed by atoms with Gasteiger partial charge in [-0.3, -0.25) is 14.7 Å². The number of carbonyl (C=O) groups excluding carboxylic acids is 1. The zero-order valence-corrected chi connectivity index (χ0v) is 20.3. The molecule has 0 saturated heterocycles. The summed E-state index contributed by atoms with van der Waals surface area (Å²) < 4.78 is 0. The number of aliphatic carboxylic acids is 2. The largest absolute Gasteiger partial charge is 0.473 e. The zero-order valence-electron chi connectivity index (χ0n) is 20.3. The van der Waals surface area contributed by atoms with Gasteiger partial charge < -0.3 is 15.5 Å². The monoisotopic (exact) mass is 471 g/mol. The van der Waals surface area contributed by atoms with Crippen molar-refractivity contribution in [2.75, 3.05) is 25.0 Å². The minimum absolute atomic E-state index is 0.110. The van der Waals surface area contributed by atoms with Crippen molar-refractivity contribution < 1.29 is 24.6 Å². The maximum absolute atomic E-state index is 13.0. The van der Waals surface area contributed by atoms with Gasteiger partial charge in [-0.1, -0.05) is 57.7 Å². The third-order valence-corrected chi connectivity index (χ3v) is 5.89. The Bertz CT molecular complexity index is 954. The number of fused-ring (bicyclic) bond motifs is 2. The molecule has 186 valence electrons. The highest BCUT2D eigenvalue weighted by molar-refractivity contribution is 6.27. The number of carboxylic acid groups (broad SMARTS) is 2. The fourth-order valence-corrected chi connectivity index (χ4v) is 4.18. The van der Waals surface area contributed by atoms with Gasteiger partial charge >= 0.3 is 11.9 Å². The van der Waals surface area contributed by atoms with Gasteiger partial charge in [-0.2, -0.15) is 0 Å². The number of carboxylic acids is 2. The molecule has 0 spiro atoms. The third-order valence-electron chi connectivity index (χ3n) is 5.89. The van der Waals surface area contributed by atoms with Gasteiger partial charge in [0.05, 0.1) is 17.7 Å². The molecule has 34 heavy (non-hydrogen) atoms. The summed E-state index contributed by atoms with van der Waals surface area (Å²) >= 11 is 0. The summed E-state index contributed by atoms with van der Waals surface area (Å²) in [5.41, 5.74) is 4.40. The van der Waals surface area contributed by atoms with E-state index >= 15 is 0 Å². The van der Waals surface area contributed by atoms with Crippen LogP contribution in [0.15, 0.2) is 24.3 Å². The molecule has 0 fully saturated rings. The Kier molecular flexibility index (Phi) is 11.5. The number of pyridine rings is 1. The van der Waals surface area contributed by atoms with Gasteiger partial charge in [0.25, 0.3) is 0 Å². The maximum atomic E-state index is 13.0. The standard InChI is InChI=1S/C24H35N3O.C2H2O4/c1-3-5-9-16-27(17-10-6-4-2)18-23(28)26-24-19-12-7-8-14-21(19)25-22-15-11-13-20(22)24;3-1(4)2(5)6/h7-8,12,14H,3-6,9-11,13,15-18H2,1-2H3,(H,25,26,28);(H,3,4)(H,5,6). The molecule has 3 N–H and O–H groups in total. The van der Waals surface area contributed by atoms with Gasteiger partial charge in [0, 0.05) is 11.1 Å². The van der Waals surface area contributed by atoms with Crippen LogP contribution in [0.25, 0.3) is 10.9 Å². The topological polar surface area (TPSA) is 120 Å². The van der Waals surface area contributed by atoms with E-state index in [2.05, 4.69) is 30.1 Å². The van der Waals surface area contributed by atoms with E-state index < -0.39 is 11.9 Å². The summed E-state index contributed by atoms with van der Waals surface area (Å²) in [6.07, 6.45) is 10.4. The van der Waals surface area contributed by atoms with Crippen molar-refractivity contribution in [3.05, 3.63) is 35.5 Å². The lowest BCUT2D eigenvalue weighted by atomic mass is 10.1. The molecule has 8 heteroatoms. The first kappa shape index (κ1) is 27.2. The molecule has 0 radical (unpaired) electrons. The summed E-state index contributed by atoms with van der Waals surface area (Å²) in [4.78, 5) is 38.3. The summed E-state index contributed by atoms with van der Waals surface area (Å²) in [6, 6.07) is 8.18. The van der Waals surface area contributed by atoms with Gasteiger partial charge in [0.15, 0.2) is 0 Å². The molecule has 0 unspecified atom stereocenters. The quantitative estimate of drug-likeness (QED) is 0.326.